The molecule has 2 aromatic rings. The lowest BCUT2D eigenvalue weighted by Gasteiger charge is -2.23. The van der Waals surface area contributed by atoms with Crippen LogP contribution in [0, 0.1) is 0 Å². The zero-order valence-corrected chi connectivity index (χ0v) is 11.1. The zero-order valence-electron chi connectivity index (χ0n) is 11.1. The number of fused-ring (bicyclic) bond motifs is 1. The Morgan fingerprint density at radius 3 is 3.00 bits per heavy atom. The first kappa shape index (κ1) is 13.3. The van der Waals surface area contributed by atoms with Gasteiger partial charge >= 0.3 is 0 Å². The lowest BCUT2D eigenvalue weighted by Crippen LogP contribution is -2.40. The lowest BCUT2D eigenvalue weighted by atomic mass is 10.1. The Hall–Kier alpha value is -2.14. The van der Waals surface area contributed by atoms with Crippen LogP contribution < -0.4 is 5.73 Å². The average Bonchev–Trinajstić information content (AvgIpc) is 2.45. The summed E-state index contributed by atoms with van der Waals surface area (Å²) in [5, 5.41) is 12.8. The van der Waals surface area contributed by atoms with E-state index < -0.39 is 0 Å². The second-order valence-electron chi connectivity index (χ2n) is 4.65. The van der Waals surface area contributed by atoms with Crippen LogP contribution in [-0.2, 0) is 6.54 Å². The van der Waals surface area contributed by atoms with Crippen molar-refractivity contribution >= 4 is 16.7 Å². The van der Waals surface area contributed by atoms with Gasteiger partial charge in [0.2, 0.25) is 0 Å². The van der Waals surface area contributed by atoms with E-state index in [1.807, 2.05) is 43.1 Å². The lowest BCUT2D eigenvalue weighted by molar-refractivity contribution is 0.279. The number of benzene rings is 1. The normalized spacial score (nSPS) is 13.9. The third-order valence-electron chi connectivity index (χ3n) is 3.30. The van der Waals surface area contributed by atoms with Crippen LogP contribution >= 0.6 is 0 Å². The molecule has 3 N–H and O–H groups in total. The van der Waals surface area contributed by atoms with Crippen LogP contribution in [0.1, 0.15) is 12.5 Å². The summed E-state index contributed by atoms with van der Waals surface area (Å²) in [4.78, 5) is 6.31. The third kappa shape index (κ3) is 3.00. The summed E-state index contributed by atoms with van der Waals surface area (Å²) in [5.74, 6) is 0.213. The molecule has 1 atom stereocenters. The summed E-state index contributed by atoms with van der Waals surface area (Å²) in [6.07, 6.45) is 1.79. The maximum atomic E-state index is 8.69. The second-order valence-corrected chi connectivity index (χ2v) is 4.65. The van der Waals surface area contributed by atoms with Crippen LogP contribution in [-0.4, -0.2) is 34.0 Å². The minimum absolute atomic E-state index is 0.116. The van der Waals surface area contributed by atoms with E-state index in [4.69, 9.17) is 10.9 Å². The van der Waals surface area contributed by atoms with Crippen LogP contribution in [0.25, 0.3) is 10.9 Å². The van der Waals surface area contributed by atoms with Gasteiger partial charge in [0.25, 0.3) is 0 Å². The van der Waals surface area contributed by atoms with Crippen LogP contribution in [0.5, 0.6) is 0 Å². The van der Waals surface area contributed by atoms with Gasteiger partial charge in [-0.3, -0.25) is 9.88 Å². The topological polar surface area (TPSA) is 74.7 Å². The molecule has 1 heterocycles. The highest BCUT2D eigenvalue weighted by Crippen LogP contribution is 2.15. The van der Waals surface area contributed by atoms with Crippen LogP contribution in [0.2, 0.25) is 0 Å². The molecule has 1 unspecified atom stereocenters. The molecule has 0 radical (unpaired) electrons. The number of hydrogen-bond acceptors (Lipinski definition) is 4. The Labute approximate surface area is 112 Å². The van der Waals surface area contributed by atoms with E-state index in [2.05, 4.69) is 16.2 Å². The molecule has 2 rings (SSSR count). The fraction of sp³-hybridized carbons (Fsp3) is 0.286. The molecule has 0 amide bonds. The molecule has 0 aliphatic heterocycles. The summed E-state index contributed by atoms with van der Waals surface area (Å²) in [6, 6.07) is 10.0. The van der Waals surface area contributed by atoms with Crippen LogP contribution in [0.15, 0.2) is 41.7 Å². The van der Waals surface area contributed by atoms with E-state index in [-0.39, 0.29) is 11.9 Å². The van der Waals surface area contributed by atoms with Crippen molar-refractivity contribution in [1.29, 1.82) is 0 Å². The first-order chi connectivity index (χ1) is 9.11. The number of hydrogen-bond donors (Lipinski definition) is 2. The van der Waals surface area contributed by atoms with Gasteiger partial charge in [0.15, 0.2) is 5.84 Å². The Morgan fingerprint density at radius 2 is 2.26 bits per heavy atom. The van der Waals surface area contributed by atoms with Crippen molar-refractivity contribution in [2.75, 3.05) is 7.05 Å². The van der Waals surface area contributed by atoms with Gasteiger partial charge in [-0.15, -0.1) is 0 Å². The van der Waals surface area contributed by atoms with Gasteiger partial charge in [-0.25, -0.2) is 0 Å². The number of amidine groups is 1. The molecular weight excluding hydrogens is 240 g/mol. The van der Waals surface area contributed by atoms with Crippen molar-refractivity contribution in [1.82, 2.24) is 9.88 Å². The molecule has 0 saturated carbocycles. The number of oxime groups is 1. The number of likely N-dealkylation sites (N-methyl/N-ethyl adjacent to an activating group) is 1. The van der Waals surface area contributed by atoms with Gasteiger partial charge in [0.1, 0.15) is 0 Å². The van der Waals surface area contributed by atoms with Crippen molar-refractivity contribution in [2.45, 2.75) is 19.5 Å². The Kier molecular flexibility index (Phi) is 3.97. The third-order valence-corrected chi connectivity index (χ3v) is 3.30. The maximum absolute atomic E-state index is 8.69. The smallest absolute Gasteiger partial charge is 0.156 e. The number of nitrogens with zero attached hydrogens (tertiary/aromatic N) is 3. The number of nitrogens with two attached hydrogens (primary N) is 1. The van der Waals surface area contributed by atoms with E-state index >= 15 is 0 Å². The summed E-state index contributed by atoms with van der Waals surface area (Å²) in [7, 11) is 1.94. The van der Waals surface area contributed by atoms with E-state index in [1.54, 1.807) is 6.20 Å². The molecule has 0 aliphatic rings. The van der Waals surface area contributed by atoms with E-state index in [1.165, 1.54) is 5.56 Å². The Morgan fingerprint density at radius 1 is 1.47 bits per heavy atom. The molecule has 5 heteroatoms. The number of pyridine rings is 1. The predicted octanol–water partition coefficient (Wildman–Crippen LogP) is 1.80. The first-order valence-corrected chi connectivity index (χ1v) is 6.13. The molecule has 1 aromatic heterocycles. The van der Waals surface area contributed by atoms with Gasteiger partial charge in [0.05, 0.1) is 11.6 Å². The monoisotopic (exact) mass is 258 g/mol. The standard InChI is InChI=1S/C14H18N4O/c1-10(14(15)17-19)18(2)9-11-5-6-13-12(8-11)4-3-7-16-13/h3-8,10,19H,9H2,1-2H3,(H2,15,17). The van der Waals surface area contributed by atoms with Crippen molar-refractivity contribution in [3.8, 4) is 0 Å². The molecule has 0 saturated heterocycles. The average molecular weight is 258 g/mol. The Bertz CT molecular complexity index is 597. The van der Waals surface area contributed by atoms with E-state index in [0.717, 1.165) is 17.4 Å². The van der Waals surface area contributed by atoms with Gasteiger partial charge < -0.3 is 10.9 Å². The second kappa shape index (κ2) is 5.67. The van der Waals surface area contributed by atoms with Gasteiger partial charge in [0, 0.05) is 18.1 Å². The van der Waals surface area contributed by atoms with E-state index in [0.29, 0.717) is 0 Å². The molecule has 0 bridgehead atoms. The molecule has 5 nitrogen and oxygen atoms in total. The summed E-state index contributed by atoms with van der Waals surface area (Å²) in [6.45, 7) is 2.62. The molecule has 0 fully saturated rings. The highest BCUT2D eigenvalue weighted by Gasteiger charge is 2.14. The number of aromatic nitrogens is 1. The highest BCUT2D eigenvalue weighted by molar-refractivity contribution is 5.84. The van der Waals surface area contributed by atoms with Crippen LogP contribution in [0.3, 0.4) is 0 Å². The largest absolute Gasteiger partial charge is 0.409 e. The predicted molar refractivity (Wildman–Crippen MR) is 76.1 cm³/mol. The van der Waals surface area contributed by atoms with Gasteiger partial charge in [-0.1, -0.05) is 17.3 Å². The quantitative estimate of drug-likeness (QED) is 0.379. The van der Waals surface area contributed by atoms with E-state index in [9.17, 15) is 0 Å². The molecule has 19 heavy (non-hydrogen) atoms. The highest BCUT2D eigenvalue weighted by atomic mass is 16.4. The Balaban J connectivity index is 2.17. The molecular formula is C14H18N4O. The maximum Gasteiger partial charge on any atom is 0.156 e. The first-order valence-electron chi connectivity index (χ1n) is 6.13. The minimum atomic E-state index is -0.116. The van der Waals surface area contributed by atoms with Crippen molar-refractivity contribution < 1.29 is 5.21 Å². The molecule has 100 valence electrons. The fourth-order valence-electron chi connectivity index (χ4n) is 1.96. The van der Waals surface area contributed by atoms with Gasteiger partial charge in [-0.05, 0) is 37.7 Å². The summed E-state index contributed by atoms with van der Waals surface area (Å²) >= 11 is 0. The summed E-state index contributed by atoms with van der Waals surface area (Å²) in [5.41, 5.74) is 7.76. The summed E-state index contributed by atoms with van der Waals surface area (Å²) < 4.78 is 0. The number of rotatable bonds is 4. The van der Waals surface area contributed by atoms with Crippen LogP contribution in [0.4, 0.5) is 0 Å². The molecule has 0 aliphatic carbocycles. The molecule has 0 spiro atoms. The van der Waals surface area contributed by atoms with Gasteiger partial charge in [-0.2, -0.15) is 0 Å². The minimum Gasteiger partial charge on any atom is -0.409 e. The van der Waals surface area contributed by atoms with Crippen molar-refractivity contribution in [3.63, 3.8) is 0 Å². The fourth-order valence-corrected chi connectivity index (χ4v) is 1.96. The zero-order chi connectivity index (χ0) is 13.8. The molecule has 1 aromatic carbocycles. The van der Waals surface area contributed by atoms with Crippen molar-refractivity contribution in [2.24, 2.45) is 10.9 Å². The SMILES string of the molecule is CC(C(N)=NO)N(C)Cc1ccc2ncccc2c1. The van der Waals surface area contributed by atoms with Crippen molar-refractivity contribution in [3.05, 3.63) is 42.1 Å².